The van der Waals surface area contributed by atoms with E-state index < -0.39 is 0 Å². The Morgan fingerprint density at radius 2 is 0.971 bits per heavy atom. The molecule has 68 heavy (non-hydrogen) atoms. The molecule has 0 atom stereocenters. The number of hydrogen-bond donors (Lipinski definition) is 2. The smallest absolute Gasteiger partial charge is 0.136 e. The van der Waals surface area contributed by atoms with Crippen molar-refractivity contribution < 1.29 is 14.6 Å². The van der Waals surface area contributed by atoms with Gasteiger partial charge in [-0.2, -0.15) is 0 Å². The van der Waals surface area contributed by atoms with Crippen LogP contribution in [-0.4, -0.2) is 20.2 Å². The van der Waals surface area contributed by atoms with E-state index >= 15 is 0 Å². The van der Waals surface area contributed by atoms with Crippen LogP contribution in [0.1, 0.15) is 82.6 Å². The third-order valence-electron chi connectivity index (χ3n) is 13.2. The minimum absolute atomic E-state index is 0.106. The lowest BCUT2D eigenvalue weighted by atomic mass is 9.79. The Morgan fingerprint density at radius 3 is 1.59 bits per heavy atom. The van der Waals surface area contributed by atoms with Crippen molar-refractivity contribution in [3.05, 3.63) is 192 Å². The van der Waals surface area contributed by atoms with E-state index in [-0.39, 0.29) is 28.7 Å². The first-order valence-electron chi connectivity index (χ1n) is 23.6. The molecule has 0 saturated heterocycles. The Morgan fingerprint density at radius 1 is 0.426 bits per heavy atom. The highest BCUT2D eigenvalue weighted by atomic mass is 16.3. The fourth-order valence-corrected chi connectivity index (χ4v) is 9.70. The van der Waals surface area contributed by atoms with E-state index in [0.29, 0.717) is 39.5 Å². The van der Waals surface area contributed by atoms with E-state index in [4.69, 9.17) is 14.4 Å². The lowest BCUT2D eigenvalue weighted by Crippen LogP contribution is -2.12. The van der Waals surface area contributed by atoms with Crippen LogP contribution >= 0.6 is 0 Å². The summed E-state index contributed by atoms with van der Waals surface area (Å²) in [5, 5.41) is 25.5. The van der Waals surface area contributed by atoms with E-state index in [2.05, 4.69) is 165 Å². The summed E-state index contributed by atoms with van der Waals surface area (Å²) >= 11 is 0. The number of aryl methyl sites for hydroxylation is 1. The van der Waals surface area contributed by atoms with Gasteiger partial charge in [-0.25, -0.2) is 9.97 Å². The number of phenols is 2. The maximum absolute atomic E-state index is 11.8. The molecule has 0 aliphatic carbocycles. The van der Waals surface area contributed by atoms with E-state index in [1.54, 1.807) is 12.1 Å². The molecular formula is C63H56N2O3. The van der Waals surface area contributed by atoms with Gasteiger partial charge in [-0.05, 0) is 158 Å². The van der Waals surface area contributed by atoms with Gasteiger partial charge in [0.2, 0.25) is 0 Å². The highest BCUT2D eigenvalue weighted by Crippen LogP contribution is 2.47. The number of furan rings is 1. The maximum atomic E-state index is 11.8. The summed E-state index contributed by atoms with van der Waals surface area (Å²) in [6.45, 7) is 17.7. The Labute approximate surface area is 399 Å². The summed E-state index contributed by atoms with van der Waals surface area (Å²) in [4.78, 5) is 10.7. The Hall–Kier alpha value is -7.76. The molecule has 0 radical (unpaired) electrons. The molecule has 0 aliphatic heterocycles. The molecule has 2 N–H and O–H groups in total. The van der Waals surface area contributed by atoms with Crippen molar-refractivity contribution in [3.8, 4) is 89.9 Å². The number of aromatic nitrogens is 2. The van der Waals surface area contributed by atoms with E-state index in [9.17, 15) is 10.2 Å². The molecule has 0 unspecified atom stereocenters. The summed E-state index contributed by atoms with van der Waals surface area (Å²) in [5.74, 6) is 0.737. The van der Waals surface area contributed by atoms with Crippen LogP contribution in [0, 0.1) is 6.92 Å². The van der Waals surface area contributed by atoms with Gasteiger partial charge in [0.1, 0.15) is 22.7 Å². The fourth-order valence-electron chi connectivity index (χ4n) is 9.70. The first kappa shape index (κ1) is 44.1. The number of phenolic OH excluding ortho intramolecular Hbond substituents is 2. The van der Waals surface area contributed by atoms with Crippen molar-refractivity contribution >= 4 is 21.9 Å². The zero-order valence-corrected chi connectivity index (χ0v) is 40.0. The van der Waals surface area contributed by atoms with E-state index in [0.717, 1.165) is 66.4 Å². The molecule has 3 aromatic heterocycles. The molecule has 0 fully saturated rings. The SMILES string of the molecule is Cc1cc(-c2cc(-c3c(C(C)C)cccc3C(C)C)cc(-c3cc4oc5ccccc5c4cc3O)n2)nc(-c2cc(-c3c(-c4ccccc4)cc(C(C)(C)C)cc3-c3ccccc3)ccc2O)c1. The molecule has 0 spiro atoms. The number of fused-ring (bicyclic) bond motifs is 3. The van der Waals surface area contributed by atoms with E-state index in [1.807, 2.05) is 48.5 Å². The Bertz CT molecular complexity index is 3440. The second kappa shape index (κ2) is 17.5. The number of benzene rings is 7. The van der Waals surface area contributed by atoms with Crippen molar-refractivity contribution in [1.29, 1.82) is 0 Å². The average molecular weight is 889 g/mol. The van der Waals surface area contributed by atoms with Crippen molar-refractivity contribution in [1.82, 2.24) is 9.97 Å². The van der Waals surface area contributed by atoms with Crippen LogP contribution in [0.5, 0.6) is 11.5 Å². The summed E-state index contributed by atoms with van der Waals surface area (Å²) in [6.07, 6.45) is 0. The quantitative estimate of drug-likeness (QED) is 0.151. The van der Waals surface area contributed by atoms with Gasteiger partial charge >= 0.3 is 0 Å². The van der Waals surface area contributed by atoms with Crippen LogP contribution in [0.25, 0.3) is 100 Å². The van der Waals surface area contributed by atoms with E-state index in [1.165, 1.54) is 16.7 Å². The van der Waals surface area contributed by atoms with Crippen LogP contribution in [-0.2, 0) is 5.41 Å². The predicted octanol–water partition coefficient (Wildman–Crippen LogP) is 17.3. The van der Waals surface area contributed by atoms with Gasteiger partial charge < -0.3 is 14.6 Å². The number of pyridine rings is 2. The molecule has 0 aliphatic rings. The summed E-state index contributed by atoms with van der Waals surface area (Å²) in [7, 11) is 0. The second-order valence-electron chi connectivity index (χ2n) is 19.8. The lowest BCUT2D eigenvalue weighted by Gasteiger charge is -2.25. The van der Waals surface area contributed by atoms with Crippen LogP contribution < -0.4 is 0 Å². The second-order valence-corrected chi connectivity index (χ2v) is 19.8. The Balaban J connectivity index is 1.19. The predicted molar refractivity (Wildman–Crippen MR) is 282 cm³/mol. The first-order valence-corrected chi connectivity index (χ1v) is 23.6. The highest BCUT2D eigenvalue weighted by Gasteiger charge is 2.25. The number of para-hydroxylation sites is 1. The molecule has 0 amide bonds. The molecule has 7 aromatic carbocycles. The van der Waals surface area contributed by atoms with Gasteiger partial charge in [0.15, 0.2) is 0 Å². The summed E-state index contributed by atoms with van der Waals surface area (Å²) < 4.78 is 6.34. The zero-order valence-electron chi connectivity index (χ0n) is 40.0. The fraction of sp³-hybridized carbons (Fsp3) is 0.175. The third-order valence-corrected chi connectivity index (χ3v) is 13.2. The lowest BCUT2D eigenvalue weighted by molar-refractivity contribution is 0.477. The largest absolute Gasteiger partial charge is 0.507 e. The van der Waals surface area contributed by atoms with Crippen molar-refractivity contribution in [3.63, 3.8) is 0 Å². The normalized spacial score (nSPS) is 11.9. The monoisotopic (exact) mass is 888 g/mol. The van der Waals surface area contributed by atoms with Gasteiger partial charge in [-0.1, -0.05) is 152 Å². The molecule has 3 heterocycles. The Kier molecular flexibility index (Phi) is 11.3. The first-order chi connectivity index (χ1) is 32.7. The maximum Gasteiger partial charge on any atom is 0.136 e. The topological polar surface area (TPSA) is 79.4 Å². The van der Waals surface area contributed by atoms with Gasteiger partial charge in [0.25, 0.3) is 0 Å². The molecular weight excluding hydrogens is 833 g/mol. The van der Waals surface area contributed by atoms with Gasteiger partial charge in [-0.15, -0.1) is 0 Å². The molecule has 10 aromatic rings. The molecule has 0 saturated carbocycles. The molecule has 336 valence electrons. The summed E-state index contributed by atoms with van der Waals surface area (Å²) in [5.41, 5.74) is 18.3. The standard InChI is InChI=1S/C63H56N2O3/c1-37(2)45-23-17-24-46(38(3)4)62(45)43-31-54(52-36-60-50(35-58(52)67)47-22-15-16-25-59(47)68-60)65-56(32-43)55-29-39(5)28-53(64-55)51-30-42(26-27-57(51)66)61-48(40-18-11-9-12-19-40)33-44(63(6,7)8)34-49(61)41-20-13-10-14-21-41/h9-38,66-67H,1-8H3. The van der Waals surface area contributed by atoms with Gasteiger partial charge in [0.05, 0.1) is 22.8 Å². The minimum atomic E-state index is -0.106. The van der Waals surface area contributed by atoms with Crippen molar-refractivity contribution in [2.24, 2.45) is 0 Å². The van der Waals surface area contributed by atoms with Gasteiger partial charge in [0, 0.05) is 21.9 Å². The van der Waals surface area contributed by atoms with Crippen LogP contribution in [0.3, 0.4) is 0 Å². The minimum Gasteiger partial charge on any atom is -0.507 e. The number of nitrogens with zero attached hydrogens (tertiary/aromatic N) is 2. The van der Waals surface area contributed by atoms with Crippen LogP contribution in [0.4, 0.5) is 0 Å². The van der Waals surface area contributed by atoms with Gasteiger partial charge in [-0.3, -0.25) is 0 Å². The third kappa shape index (κ3) is 8.23. The van der Waals surface area contributed by atoms with Crippen molar-refractivity contribution in [2.75, 3.05) is 0 Å². The highest BCUT2D eigenvalue weighted by molar-refractivity contribution is 6.07. The van der Waals surface area contributed by atoms with Crippen LogP contribution in [0.15, 0.2) is 174 Å². The zero-order chi connectivity index (χ0) is 47.4. The molecule has 5 heteroatoms. The molecule has 10 rings (SSSR count). The van der Waals surface area contributed by atoms with Crippen molar-refractivity contribution in [2.45, 2.75) is 72.6 Å². The van der Waals surface area contributed by atoms with Crippen LogP contribution in [0.2, 0.25) is 0 Å². The molecule has 5 nitrogen and oxygen atoms in total. The number of rotatable bonds is 9. The summed E-state index contributed by atoms with van der Waals surface area (Å²) in [6, 6.07) is 58.1. The molecule has 0 bridgehead atoms. The number of aromatic hydroxyl groups is 2. The average Bonchev–Trinajstić information content (AvgIpc) is 3.70. The number of hydrogen-bond acceptors (Lipinski definition) is 5.